The number of nitrogens with one attached hydrogen (secondary N) is 2. The van der Waals surface area contributed by atoms with Gasteiger partial charge in [0.15, 0.2) is 0 Å². The number of carbonyl (C=O) groups excluding carboxylic acids is 1. The van der Waals surface area contributed by atoms with E-state index in [0.29, 0.717) is 6.61 Å². The van der Waals surface area contributed by atoms with E-state index in [1.807, 2.05) is 11.8 Å². The van der Waals surface area contributed by atoms with Crippen LogP contribution in [0, 0.1) is 0 Å². The first-order chi connectivity index (χ1) is 8.79. The summed E-state index contributed by atoms with van der Waals surface area (Å²) in [6.07, 6.45) is 2.39. The number of hydrogen-bond acceptors (Lipinski definition) is 4. The highest BCUT2D eigenvalue weighted by Crippen LogP contribution is 2.30. The molecule has 0 spiro atoms. The van der Waals surface area contributed by atoms with Crippen molar-refractivity contribution in [2.24, 2.45) is 0 Å². The molecule has 2 N–H and O–H groups in total. The second kappa shape index (κ2) is 6.78. The molecular weight excluding hydrogens is 248 g/mol. The van der Waals surface area contributed by atoms with Crippen LogP contribution in [0.2, 0.25) is 0 Å². The molecule has 0 aromatic heterocycles. The molecule has 18 heavy (non-hydrogen) atoms. The van der Waals surface area contributed by atoms with Gasteiger partial charge in [-0.3, -0.25) is 10.2 Å². The minimum atomic E-state index is -0.161. The molecule has 0 fully saturated rings. The van der Waals surface area contributed by atoms with Crippen LogP contribution in [0.4, 0.5) is 0 Å². The molecular formula is C13H18N2O2S. The number of fused-ring (bicyclic) bond motifs is 1. The first kappa shape index (κ1) is 13.4. The second-order valence-electron chi connectivity index (χ2n) is 4.19. The molecule has 0 atom stereocenters. The van der Waals surface area contributed by atoms with Gasteiger partial charge < -0.3 is 4.74 Å². The van der Waals surface area contributed by atoms with Gasteiger partial charge in [-0.2, -0.15) is 0 Å². The summed E-state index contributed by atoms with van der Waals surface area (Å²) in [7, 11) is 1.65. The minimum absolute atomic E-state index is 0.0761. The molecule has 1 amide bonds. The minimum Gasteiger partial charge on any atom is -0.367 e. The van der Waals surface area contributed by atoms with Crippen molar-refractivity contribution < 1.29 is 9.53 Å². The highest BCUT2D eigenvalue weighted by atomic mass is 32.2. The lowest BCUT2D eigenvalue weighted by atomic mass is 10.1. The van der Waals surface area contributed by atoms with Gasteiger partial charge >= 0.3 is 0 Å². The Morgan fingerprint density at radius 2 is 2.39 bits per heavy atom. The normalized spacial score (nSPS) is 14.1. The number of thioether (sulfide) groups is 1. The summed E-state index contributed by atoms with van der Waals surface area (Å²) in [4.78, 5) is 12.6. The van der Waals surface area contributed by atoms with E-state index in [1.165, 1.54) is 22.6 Å². The summed E-state index contributed by atoms with van der Waals surface area (Å²) in [6, 6.07) is 6.43. The third-order valence-electron chi connectivity index (χ3n) is 2.74. The number of carbonyl (C=O) groups is 1. The van der Waals surface area contributed by atoms with Gasteiger partial charge in [0, 0.05) is 11.9 Å². The van der Waals surface area contributed by atoms with E-state index in [4.69, 9.17) is 4.74 Å². The van der Waals surface area contributed by atoms with Gasteiger partial charge in [0.2, 0.25) is 0 Å². The quantitative estimate of drug-likeness (QED) is 0.793. The monoisotopic (exact) mass is 266 g/mol. The number of ether oxygens (including phenoxy) is 1. The Labute approximate surface area is 111 Å². The molecule has 1 aliphatic heterocycles. The molecule has 98 valence electrons. The number of benzene rings is 1. The van der Waals surface area contributed by atoms with Crippen LogP contribution in [0.3, 0.4) is 0 Å². The van der Waals surface area contributed by atoms with Gasteiger partial charge in [-0.1, -0.05) is 12.1 Å². The van der Waals surface area contributed by atoms with Crippen molar-refractivity contribution in [3.63, 3.8) is 0 Å². The molecule has 2 rings (SSSR count). The molecule has 0 saturated heterocycles. The first-order valence-corrected chi connectivity index (χ1v) is 7.06. The maximum atomic E-state index is 11.2. The molecule has 0 saturated carbocycles. The van der Waals surface area contributed by atoms with Crippen molar-refractivity contribution in [3.8, 4) is 0 Å². The van der Waals surface area contributed by atoms with E-state index >= 15 is 0 Å². The number of hydrazine groups is 1. The Bertz CT molecular complexity index is 423. The lowest BCUT2D eigenvalue weighted by Gasteiger charge is -2.16. The van der Waals surface area contributed by atoms with Crippen LogP contribution >= 0.6 is 11.8 Å². The van der Waals surface area contributed by atoms with Gasteiger partial charge in [-0.15, -0.1) is 11.8 Å². The van der Waals surface area contributed by atoms with E-state index in [2.05, 4.69) is 29.1 Å². The zero-order valence-electron chi connectivity index (χ0n) is 10.5. The zero-order chi connectivity index (χ0) is 12.8. The second-order valence-corrected chi connectivity index (χ2v) is 5.32. The molecule has 5 heteroatoms. The van der Waals surface area contributed by atoms with E-state index in [-0.39, 0.29) is 12.5 Å². The SMILES string of the molecule is CNNC(=O)COCc1ccc2c(c1)CCCS2. The van der Waals surface area contributed by atoms with Crippen molar-refractivity contribution in [3.05, 3.63) is 29.3 Å². The van der Waals surface area contributed by atoms with Gasteiger partial charge in [0.1, 0.15) is 6.61 Å². The molecule has 0 unspecified atom stereocenters. The molecule has 0 bridgehead atoms. The number of amides is 1. The number of hydrogen-bond donors (Lipinski definition) is 2. The lowest BCUT2D eigenvalue weighted by molar-refractivity contribution is -0.126. The van der Waals surface area contributed by atoms with Crippen molar-refractivity contribution in [2.75, 3.05) is 19.4 Å². The summed E-state index contributed by atoms with van der Waals surface area (Å²) in [5, 5.41) is 0. The summed E-state index contributed by atoms with van der Waals surface area (Å²) in [6.45, 7) is 0.557. The molecule has 0 radical (unpaired) electrons. The van der Waals surface area contributed by atoms with Gasteiger partial charge in [-0.05, 0) is 35.8 Å². The Hall–Kier alpha value is -1.04. The molecule has 1 heterocycles. The van der Waals surface area contributed by atoms with Crippen molar-refractivity contribution in [2.45, 2.75) is 24.3 Å². The Morgan fingerprint density at radius 3 is 3.22 bits per heavy atom. The Morgan fingerprint density at radius 1 is 1.50 bits per heavy atom. The van der Waals surface area contributed by atoms with Crippen LogP contribution in [-0.4, -0.2) is 25.3 Å². The largest absolute Gasteiger partial charge is 0.367 e. The van der Waals surface area contributed by atoms with Crippen molar-refractivity contribution in [1.29, 1.82) is 0 Å². The van der Waals surface area contributed by atoms with Crippen LogP contribution in [0.1, 0.15) is 17.5 Å². The summed E-state index contributed by atoms with van der Waals surface area (Å²) in [5.74, 6) is 1.05. The molecule has 1 aromatic carbocycles. The fourth-order valence-electron chi connectivity index (χ4n) is 1.94. The third-order valence-corrected chi connectivity index (χ3v) is 3.94. The van der Waals surface area contributed by atoms with Crippen LogP contribution in [0.5, 0.6) is 0 Å². The predicted molar refractivity (Wildman–Crippen MR) is 72.3 cm³/mol. The fourth-order valence-corrected chi connectivity index (χ4v) is 2.96. The average Bonchev–Trinajstić information content (AvgIpc) is 2.39. The summed E-state index contributed by atoms with van der Waals surface area (Å²) < 4.78 is 5.37. The lowest BCUT2D eigenvalue weighted by Crippen LogP contribution is -2.36. The fraction of sp³-hybridized carbons (Fsp3) is 0.462. The smallest absolute Gasteiger partial charge is 0.260 e. The zero-order valence-corrected chi connectivity index (χ0v) is 11.3. The summed E-state index contributed by atoms with van der Waals surface area (Å²) >= 11 is 1.92. The number of aryl methyl sites for hydroxylation is 1. The predicted octanol–water partition coefficient (Wildman–Crippen LogP) is 1.49. The standard InChI is InChI=1S/C13H18N2O2S/c1-14-15-13(16)9-17-8-10-4-5-12-11(7-10)3-2-6-18-12/h4-5,7,14H,2-3,6,8-9H2,1H3,(H,15,16). The van der Waals surface area contributed by atoms with Crippen LogP contribution in [0.15, 0.2) is 23.1 Å². The van der Waals surface area contributed by atoms with Crippen molar-refractivity contribution >= 4 is 17.7 Å². The van der Waals surface area contributed by atoms with Crippen molar-refractivity contribution in [1.82, 2.24) is 10.9 Å². The van der Waals surface area contributed by atoms with Gasteiger partial charge in [-0.25, -0.2) is 5.43 Å². The topological polar surface area (TPSA) is 50.4 Å². The Kier molecular flexibility index (Phi) is 5.04. The highest BCUT2D eigenvalue weighted by molar-refractivity contribution is 7.99. The van der Waals surface area contributed by atoms with Crippen LogP contribution < -0.4 is 10.9 Å². The first-order valence-electron chi connectivity index (χ1n) is 6.07. The van der Waals surface area contributed by atoms with E-state index in [1.54, 1.807) is 7.05 Å². The average molecular weight is 266 g/mol. The van der Waals surface area contributed by atoms with Crippen LogP contribution in [0.25, 0.3) is 0 Å². The maximum absolute atomic E-state index is 11.2. The third kappa shape index (κ3) is 3.73. The van der Waals surface area contributed by atoms with E-state index in [0.717, 1.165) is 12.0 Å². The summed E-state index contributed by atoms with van der Waals surface area (Å²) in [5.41, 5.74) is 7.58. The molecule has 1 aliphatic rings. The Balaban J connectivity index is 1.84. The van der Waals surface area contributed by atoms with E-state index < -0.39 is 0 Å². The maximum Gasteiger partial charge on any atom is 0.260 e. The van der Waals surface area contributed by atoms with Gasteiger partial charge in [0.25, 0.3) is 5.91 Å². The highest BCUT2D eigenvalue weighted by Gasteiger charge is 2.10. The van der Waals surface area contributed by atoms with E-state index in [9.17, 15) is 4.79 Å². The molecule has 4 nitrogen and oxygen atoms in total. The number of rotatable bonds is 5. The van der Waals surface area contributed by atoms with Gasteiger partial charge in [0.05, 0.1) is 6.61 Å². The molecule has 0 aliphatic carbocycles. The molecule has 1 aromatic rings. The van der Waals surface area contributed by atoms with Crippen LogP contribution in [-0.2, 0) is 22.6 Å².